The lowest BCUT2D eigenvalue weighted by Crippen LogP contribution is -2.43. The fourth-order valence-corrected chi connectivity index (χ4v) is 5.56. The molecule has 0 saturated carbocycles. The molecule has 0 saturated heterocycles. The first-order valence-electron chi connectivity index (χ1n) is 13.2. The van der Waals surface area contributed by atoms with E-state index in [2.05, 4.69) is 12.2 Å². The first kappa shape index (κ1) is 27.2. The Bertz CT molecular complexity index is 1290. The second-order valence-corrected chi connectivity index (χ2v) is 9.45. The van der Waals surface area contributed by atoms with Crippen molar-refractivity contribution in [3.63, 3.8) is 0 Å². The van der Waals surface area contributed by atoms with Gasteiger partial charge in [0, 0.05) is 28.8 Å². The van der Waals surface area contributed by atoms with Crippen LogP contribution in [0.4, 0.5) is 0 Å². The summed E-state index contributed by atoms with van der Waals surface area (Å²) in [6.07, 6.45) is 1.24. The van der Waals surface area contributed by atoms with Crippen LogP contribution in [0.15, 0.2) is 71.1 Å². The van der Waals surface area contributed by atoms with Crippen LogP contribution >= 0.6 is 0 Å². The molecule has 2 aromatic rings. The standard InChI is InChI=1S/C31H35NO6/c1-6-19-13-15-20(16-14-19)26-25(30(34)37-7-2)18(4)32-23-17-22(21-11-9-10-12-24(21)36-5)27(29(33)28(23)26)31(35)38-8-3/h9-16,22,26-27,32H,6-8,17H2,1-5H3/t22-,26-,27-/m1/s1. The molecule has 2 aromatic carbocycles. The Hall–Kier alpha value is -3.87. The number of hydrogen-bond donors (Lipinski definition) is 1. The predicted molar refractivity (Wildman–Crippen MR) is 144 cm³/mol. The van der Waals surface area contributed by atoms with Gasteiger partial charge in [-0.2, -0.15) is 0 Å². The molecule has 0 aromatic heterocycles. The van der Waals surface area contributed by atoms with Gasteiger partial charge in [-0.1, -0.05) is 49.4 Å². The van der Waals surface area contributed by atoms with E-state index < -0.39 is 29.7 Å². The van der Waals surface area contributed by atoms with E-state index in [4.69, 9.17) is 14.2 Å². The number of methoxy groups -OCH3 is 1. The number of benzene rings is 2. The Morgan fingerprint density at radius 1 is 0.974 bits per heavy atom. The predicted octanol–water partition coefficient (Wildman–Crippen LogP) is 4.97. The molecule has 0 amide bonds. The molecule has 7 nitrogen and oxygen atoms in total. The number of hydrogen-bond acceptors (Lipinski definition) is 7. The maximum atomic E-state index is 14.4. The number of nitrogens with one attached hydrogen (secondary N) is 1. The number of ether oxygens (including phenoxy) is 3. The molecule has 3 atom stereocenters. The molecule has 0 radical (unpaired) electrons. The van der Waals surface area contributed by atoms with E-state index >= 15 is 0 Å². The highest BCUT2D eigenvalue weighted by Crippen LogP contribution is 2.49. The van der Waals surface area contributed by atoms with Crippen molar-refractivity contribution in [3.8, 4) is 5.75 Å². The highest BCUT2D eigenvalue weighted by Gasteiger charge is 2.49. The normalized spacial score (nSPS) is 21.0. The van der Waals surface area contributed by atoms with Crippen LogP contribution in [-0.4, -0.2) is 38.0 Å². The Morgan fingerprint density at radius 2 is 1.66 bits per heavy atom. The fourth-order valence-electron chi connectivity index (χ4n) is 5.56. The lowest BCUT2D eigenvalue weighted by Gasteiger charge is -2.39. The minimum atomic E-state index is -1.08. The summed E-state index contributed by atoms with van der Waals surface area (Å²) in [6.45, 7) is 7.72. The van der Waals surface area contributed by atoms with Crippen molar-refractivity contribution >= 4 is 17.7 Å². The third-order valence-corrected chi connectivity index (χ3v) is 7.31. The molecule has 1 aliphatic carbocycles. The average Bonchev–Trinajstić information content (AvgIpc) is 2.92. The molecule has 200 valence electrons. The number of rotatable bonds is 8. The number of aryl methyl sites for hydroxylation is 1. The zero-order valence-electron chi connectivity index (χ0n) is 22.6. The largest absolute Gasteiger partial charge is 0.496 e. The van der Waals surface area contributed by atoms with Gasteiger partial charge in [0.25, 0.3) is 0 Å². The van der Waals surface area contributed by atoms with E-state index in [1.54, 1.807) is 21.0 Å². The van der Waals surface area contributed by atoms with Crippen LogP contribution in [0.5, 0.6) is 5.75 Å². The first-order valence-corrected chi connectivity index (χ1v) is 13.2. The van der Waals surface area contributed by atoms with Gasteiger partial charge in [-0.25, -0.2) is 4.79 Å². The average molecular weight is 518 g/mol. The third-order valence-electron chi connectivity index (χ3n) is 7.31. The van der Waals surface area contributed by atoms with E-state index in [1.165, 1.54) is 0 Å². The van der Waals surface area contributed by atoms with E-state index in [-0.39, 0.29) is 19.0 Å². The van der Waals surface area contributed by atoms with Crippen LogP contribution in [0.1, 0.15) is 62.6 Å². The number of carbonyl (C=O) groups is 3. The summed E-state index contributed by atoms with van der Waals surface area (Å²) in [5, 5.41) is 3.33. The number of Topliss-reactive ketones (excluding diaryl/α,β-unsaturated/α-hetero) is 1. The topological polar surface area (TPSA) is 90.9 Å². The SMILES string of the molecule is CCOC(=O)C1=C(C)NC2=C(C(=O)[C@H](C(=O)OCC)[C@@H](c3ccccc3OC)C2)[C@@H]1c1ccc(CC)cc1. The van der Waals surface area contributed by atoms with Gasteiger partial charge >= 0.3 is 11.9 Å². The van der Waals surface area contributed by atoms with Crippen LogP contribution in [0, 0.1) is 5.92 Å². The minimum Gasteiger partial charge on any atom is -0.496 e. The zero-order chi connectivity index (χ0) is 27.4. The van der Waals surface area contributed by atoms with E-state index in [0.29, 0.717) is 34.7 Å². The fraction of sp³-hybridized carbons (Fsp3) is 0.387. The lowest BCUT2D eigenvalue weighted by atomic mass is 9.67. The smallest absolute Gasteiger partial charge is 0.336 e. The Labute approximate surface area is 223 Å². The van der Waals surface area contributed by atoms with Gasteiger partial charge in [0.2, 0.25) is 0 Å². The molecule has 1 N–H and O–H groups in total. The summed E-state index contributed by atoms with van der Waals surface area (Å²) in [6, 6.07) is 15.3. The van der Waals surface area contributed by atoms with E-state index in [9.17, 15) is 14.4 Å². The summed E-state index contributed by atoms with van der Waals surface area (Å²) in [5.74, 6) is -3.06. The van der Waals surface area contributed by atoms with Crippen LogP contribution in [0.3, 0.4) is 0 Å². The highest BCUT2D eigenvalue weighted by molar-refractivity contribution is 6.13. The molecule has 38 heavy (non-hydrogen) atoms. The van der Waals surface area contributed by atoms with Crippen LogP contribution < -0.4 is 10.1 Å². The third kappa shape index (κ3) is 4.97. The van der Waals surface area contributed by atoms with Gasteiger partial charge in [-0.05, 0) is 56.4 Å². The minimum absolute atomic E-state index is 0.153. The van der Waals surface area contributed by atoms with Gasteiger partial charge in [0.05, 0.1) is 25.9 Å². The molecular formula is C31H35NO6. The molecule has 1 heterocycles. The molecule has 4 rings (SSSR count). The van der Waals surface area contributed by atoms with Crippen molar-refractivity contribution in [1.29, 1.82) is 0 Å². The van der Waals surface area contributed by atoms with Crippen molar-refractivity contribution in [2.75, 3.05) is 20.3 Å². The van der Waals surface area contributed by atoms with Gasteiger partial charge in [0.15, 0.2) is 5.78 Å². The number of ketones is 1. The molecule has 7 heteroatoms. The number of esters is 2. The molecule has 0 fully saturated rings. The monoisotopic (exact) mass is 517 g/mol. The van der Waals surface area contributed by atoms with Gasteiger partial charge in [-0.3, -0.25) is 9.59 Å². The Kier molecular flexibility index (Phi) is 8.35. The van der Waals surface area contributed by atoms with E-state index in [0.717, 1.165) is 23.1 Å². The summed E-state index contributed by atoms with van der Waals surface area (Å²) in [7, 11) is 1.57. The Morgan fingerprint density at radius 3 is 2.29 bits per heavy atom. The van der Waals surface area contributed by atoms with Gasteiger partial charge in [-0.15, -0.1) is 0 Å². The molecule has 0 spiro atoms. The number of allylic oxidation sites excluding steroid dienone is 3. The zero-order valence-corrected chi connectivity index (χ0v) is 22.6. The van der Waals surface area contributed by atoms with Crippen LogP contribution in [0.25, 0.3) is 0 Å². The van der Waals surface area contributed by atoms with Crippen molar-refractivity contribution in [3.05, 3.63) is 87.8 Å². The first-order chi connectivity index (χ1) is 18.4. The number of para-hydroxylation sites is 1. The summed E-state index contributed by atoms with van der Waals surface area (Å²) < 4.78 is 16.4. The van der Waals surface area contributed by atoms with Crippen molar-refractivity contribution < 1.29 is 28.6 Å². The summed E-state index contributed by atoms with van der Waals surface area (Å²) in [5.41, 5.74) is 4.82. The molecule has 0 unspecified atom stereocenters. The van der Waals surface area contributed by atoms with E-state index in [1.807, 2.05) is 55.5 Å². The van der Waals surface area contributed by atoms with Crippen LogP contribution in [-0.2, 0) is 30.3 Å². The second kappa shape index (κ2) is 11.7. The molecule has 1 aliphatic heterocycles. The maximum Gasteiger partial charge on any atom is 0.336 e. The van der Waals surface area contributed by atoms with Crippen molar-refractivity contribution in [2.24, 2.45) is 5.92 Å². The summed E-state index contributed by atoms with van der Waals surface area (Å²) in [4.78, 5) is 41.0. The highest BCUT2D eigenvalue weighted by atomic mass is 16.5. The molecular weight excluding hydrogens is 482 g/mol. The maximum absolute atomic E-state index is 14.4. The molecule has 2 aliphatic rings. The van der Waals surface area contributed by atoms with Crippen molar-refractivity contribution in [2.45, 2.75) is 52.4 Å². The van der Waals surface area contributed by atoms with Gasteiger partial charge < -0.3 is 19.5 Å². The van der Waals surface area contributed by atoms with Crippen molar-refractivity contribution in [1.82, 2.24) is 5.32 Å². The number of carbonyl (C=O) groups excluding carboxylic acids is 3. The molecule has 0 bridgehead atoms. The quantitative estimate of drug-likeness (QED) is 0.390. The number of dihydropyridines is 1. The van der Waals surface area contributed by atoms with Crippen LogP contribution in [0.2, 0.25) is 0 Å². The van der Waals surface area contributed by atoms with Gasteiger partial charge in [0.1, 0.15) is 11.7 Å². The lowest BCUT2D eigenvalue weighted by molar-refractivity contribution is -0.152. The second-order valence-electron chi connectivity index (χ2n) is 9.45. The Balaban J connectivity index is 1.91. The summed E-state index contributed by atoms with van der Waals surface area (Å²) >= 11 is 0.